The van der Waals surface area contributed by atoms with E-state index in [2.05, 4.69) is 55.7 Å². The van der Waals surface area contributed by atoms with Crippen LogP contribution in [0.5, 0.6) is 0 Å². The molecule has 2 heterocycles. The molecule has 0 saturated carbocycles. The molecule has 1 fully saturated rings. The lowest BCUT2D eigenvalue weighted by Crippen LogP contribution is -2.45. The Bertz CT molecular complexity index is 738. The molecule has 1 aromatic heterocycles. The fraction of sp³-hybridized carbons (Fsp3) is 0.571. The first-order valence-corrected chi connectivity index (χ1v) is 10.1. The van der Waals surface area contributed by atoms with Crippen molar-refractivity contribution in [2.75, 3.05) is 26.7 Å². The van der Waals surface area contributed by atoms with Gasteiger partial charge >= 0.3 is 0 Å². The zero-order chi connectivity index (χ0) is 19.8. The van der Waals surface area contributed by atoms with E-state index in [-0.39, 0.29) is 6.10 Å². The van der Waals surface area contributed by atoms with Gasteiger partial charge in [0.05, 0.1) is 6.54 Å². The number of nitrogens with one attached hydrogen (secondary N) is 1. The molecule has 7 nitrogen and oxygen atoms in total. The summed E-state index contributed by atoms with van der Waals surface area (Å²) < 4.78 is 10.8. The highest BCUT2D eigenvalue weighted by atomic mass is 16.5. The van der Waals surface area contributed by atoms with Gasteiger partial charge in [0.2, 0.25) is 5.89 Å². The highest BCUT2D eigenvalue weighted by molar-refractivity contribution is 5.79. The van der Waals surface area contributed by atoms with E-state index >= 15 is 0 Å². The summed E-state index contributed by atoms with van der Waals surface area (Å²) in [7, 11) is 1.81. The molecule has 28 heavy (non-hydrogen) atoms. The van der Waals surface area contributed by atoms with Gasteiger partial charge in [-0.3, -0.25) is 4.99 Å². The summed E-state index contributed by atoms with van der Waals surface area (Å²) in [5.41, 5.74) is 1.43. The predicted octanol–water partition coefficient (Wildman–Crippen LogP) is 3.20. The molecule has 1 aliphatic heterocycles. The lowest BCUT2D eigenvalue weighted by atomic mass is 9.90. The summed E-state index contributed by atoms with van der Waals surface area (Å²) in [6.45, 7) is 6.97. The van der Waals surface area contributed by atoms with Crippen molar-refractivity contribution in [2.24, 2.45) is 10.9 Å². The lowest BCUT2D eigenvalue weighted by Gasteiger charge is -2.34. The average Bonchev–Trinajstić information content (AvgIpc) is 3.20. The molecule has 0 amide bonds. The Morgan fingerprint density at radius 1 is 1.32 bits per heavy atom. The van der Waals surface area contributed by atoms with Gasteiger partial charge in [-0.2, -0.15) is 4.98 Å². The summed E-state index contributed by atoms with van der Waals surface area (Å²) in [4.78, 5) is 11.1. The van der Waals surface area contributed by atoms with Crippen molar-refractivity contribution >= 4 is 5.96 Å². The normalized spacial score (nSPS) is 17.0. The number of piperidine rings is 1. The van der Waals surface area contributed by atoms with Crippen molar-refractivity contribution in [3.8, 4) is 0 Å². The van der Waals surface area contributed by atoms with E-state index in [1.165, 1.54) is 18.4 Å². The van der Waals surface area contributed by atoms with E-state index in [0.717, 1.165) is 31.4 Å². The molecule has 0 radical (unpaired) electrons. The van der Waals surface area contributed by atoms with Gasteiger partial charge in [0, 0.05) is 26.7 Å². The number of nitrogens with zero attached hydrogens (tertiary/aromatic N) is 4. The molecule has 1 saturated heterocycles. The van der Waals surface area contributed by atoms with Gasteiger partial charge in [-0.25, -0.2) is 0 Å². The van der Waals surface area contributed by atoms with Gasteiger partial charge in [0.1, 0.15) is 6.10 Å². The monoisotopic (exact) mass is 385 g/mol. The fourth-order valence-electron chi connectivity index (χ4n) is 3.61. The zero-order valence-corrected chi connectivity index (χ0v) is 17.1. The van der Waals surface area contributed by atoms with Crippen LogP contribution in [0.25, 0.3) is 0 Å². The summed E-state index contributed by atoms with van der Waals surface area (Å²) >= 11 is 0. The Labute approximate surface area is 167 Å². The van der Waals surface area contributed by atoms with Gasteiger partial charge in [0.25, 0.3) is 0 Å². The van der Waals surface area contributed by atoms with Crippen LogP contribution in [0.4, 0.5) is 0 Å². The Balaban J connectivity index is 1.46. The van der Waals surface area contributed by atoms with Crippen LogP contribution in [0.3, 0.4) is 0 Å². The number of likely N-dealkylation sites (tertiary alicyclic amines) is 1. The first-order valence-electron chi connectivity index (χ1n) is 10.1. The number of aromatic nitrogens is 2. The Morgan fingerprint density at radius 3 is 2.75 bits per heavy atom. The number of hydrogen-bond acceptors (Lipinski definition) is 5. The predicted molar refractivity (Wildman–Crippen MR) is 109 cm³/mol. The minimum atomic E-state index is -0.162. The largest absolute Gasteiger partial charge is 0.371 e. The van der Waals surface area contributed by atoms with Gasteiger partial charge < -0.3 is 19.5 Å². The Kier molecular flexibility index (Phi) is 7.42. The molecule has 2 aromatic rings. The van der Waals surface area contributed by atoms with Crippen molar-refractivity contribution in [3.63, 3.8) is 0 Å². The topological polar surface area (TPSA) is 75.8 Å². The Hall–Kier alpha value is -2.41. The van der Waals surface area contributed by atoms with E-state index in [0.29, 0.717) is 24.9 Å². The summed E-state index contributed by atoms with van der Waals surface area (Å²) in [5.74, 6) is 2.74. The highest BCUT2D eigenvalue weighted by Gasteiger charge is 2.22. The van der Waals surface area contributed by atoms with Crippen molar-refractivity contribution in [1.82, 2.24) is 20.4 Å². The minimum absolute atomic E-state index is 0.162. The van der Waals surface area contributed by atoms with E-state index in [9.17, 15) is 0 Å². The minimum Gasteiger partial charge on any atom is -0.371 e. The number of rotatable bonds is 7. The standard InChI is InChI=1S/C21H31N5O2/c1-4-27-16(2)20-24-19(28-25-20)15-23-21(22-3)26-12-10-18(11-13-26)14-17-8-6-5-7-9-17/h5-9,16,18H,4,10-15H2,1-3H3,(H,22,23). The summed E-state index contributed by atoms with van der Waals surface area (Å²) in [5, 5.41) is 7.34. The van der Waals surface area contributed by atoms with Crippen LogP contribution in [0.1, 0.15) is 50.1 Å². The van der Waals surface area contributed by atoms with Crippen LogP contribution in [-0.2, 0) is 17.7 Å². The number of benzene rings is 1. The first-order chi connectivity index (χ1) is 13.7. The second-order valence-corrected chi connectivity index (χ2v) is 7.16. The first kappa shape index (κ1) is 20.3. The number of ether oxygens (including phenoxy) is 1. The number of aliphatic imine (C=N–C) groups is 1. The molecule has 1 N–H and O–H groups in total. The van der Waals surface area contributed by atoms with Gasteiger partial charge in [-0.15, -0.1) is 0 Å². The third-order valence-electron chi connectivity index (χ3n) is 5.15. The van der Waals surface area contributed by atoms with Crippen molar-refractivity contribution in [2.45, 2.75) is 45.8 Å². The summed E-state index contributed by atoms with van der Waals surface area (Å²) in [6.07, 6.45) is 3.34. The molecule has 7 heteroatoms. The number of hydrogen-bond donors (Lipinski definition) is 1. The molecule has 1 unspecified atom stereocenters. The smallest absolute Gasteiger partial charge is 0.246 e. The SMILES string of the molecule is CCOC(C)c1noc(CNC(=NC)N2CCC(Cc3ccccc3)CC2)n1. The van der Waals surface area contributed by atoms with Crippen LogP contribution < -0.4 is 5.32 Å². The molecule has 0 spiro atoms. The quantitative estimate of drug-likeness (QED) is 0.583. The molecular formula is C21H31N5O2. The summed E-state index contributed by atoms with van der Waals surface area (Å²) in [6, 6.07) is 10.8. The van der Waals surface area contributed by atoms with E-state index in [1.807, 2.05) is 20.9 Å². The third kappa shape index (κ3) is 5.55. The molecule has 0 aliphatic carbocycles. The van der Waals surface area contributed by atoms with Crippen molar-refractivity contribution in [3.05, 3.63) is 47.6 Å². The molecule has 3 rings (SSSR count). The van der Waals surface area contributed by atoms with Crippen LogP contribution >= 0.6 is 0 Å². The third-order valence-corrected chi connectivity index (χ3v) is 5.15. The molecular weight excluding hydrogens is 354 g/mol. The van der Waals surface area contributed by atoms with Crippen LogP contribution in [0.15, 0.2) is 39.8 Å². The van der Waals surface area contributed by atoms with E-state index < -0.39 is 0 Å². The maximum Gasteiger partial charge on any atom is 0.246 e. The van der Waals surface area contributed by atoms with Crippen molar-refractivity contribution < 1.29 is 9.26 Å². The second kappa shape index (κ2) is 10.2. The van der Waals surface area contributed by atoms with Crippen LogP contribution in [-0.4, -0.2) is 47.7 Å². The van der Waals surface area contributed by atoms with Crippen molar-refractivity contribution in [1.29, 1.82) is 0 Å². The zero-order valence-electron chi connectivity index (χ0n) is 17.1. The molecule has 0 bridgehead atoms. The van der Waals surface area contributed by atoms with Crippen LogP contribution in [0.2, 0.25) is 0 Å². The van der Waals surface area contributed by atoms with Crippen LogP contribution in [0, 0.1) is 5.92 Å². The maximum atomic E-state index is 5.50. The average molecular weight is 386 g/mol. The molecule has 1 aromatic carbocycles. The van der Waals surface area contributed by atoms with Gasteiger partial charge in [-0.05, 0) is 44.6 Å². The maximum absolute atomic E-state index is 5.50. The molecule has 1 aliphatic rings. The highest BCUT2D eigenvalue weighted by Crippen LogP contribution is 2.21. The Morgan fingerprint density at radius 2 is 2.07 bits per heavy atom. The fourth-order valence-corrected chi connectivity index (χ4v) is 3.61. The second-order valence-electron chi connectivity index (χ2n) is 7.16. The number of guanidine groups is 1. The van der Waals surface area contributed by atoms with Gasteiger partial charge in [-0.1, -0.05) is 35.5 Å². The van der Waals surface area contributed by atoms with Gasteiger partial charge in [0.15, 0.2) is 11.8 Å². The lowest BCUT2D eigenvalue weighted by molar-refractivity contribution is 0.0683. The molecule has 152 valence electrons. The van der Waals surface area contributed by atoms with E-state index in [1.54, 1.807) is 0 Å². The van der Waals surface area contributed by atoms with E-state index in [4.69, 9.17) is 9.26 Å². The molecule has 1 atom stereocenters.